The predicted octanol–water partition coefficient (Wildman–Crippen LogP) is 3.94. The minimum Gasteiger partial charge on any atom is -0.504 e. The third kappa shape index (κ3) is 2.34. The molecule has 1 aliphatic heterocycles. The lowest BCUT2D eigenvalue weighted by Crippen LogP contribution is -1.93. The Morgan fingerprint density at radius 1 is 1.19 bits per heavy atom. The molecule has 3 aromatic heterocycles. The predicted molar refractivity (Wildman–Crippen MR) is 98.5 cm³/mol. The lowest BCUT2D eigenvalue weighted by Gasteiger charge is -2.04. The zero-order chi connectivity index (χ0) is 17.7. The Morgan fingerprint density at radius 2 is 2.08 bits per heavy atom. The molecule has 1 aromatic carbocycles. The number of anilines is 2. The Hall–Kier alpha value is -3.26. The van der Waals surface area contributed by atoms with Gasteiger partial charge >= 0.3 is 0 Å². The van der Waals surface area contributed by atoms with E-state index >= 15 is 0 Å². The first-order valence-corrected chi connectivity index (χ1v) is 8.86. The first-order valence-electron chi connectivity index (χ1n) is 7.98. The number of nitrogens with one attached hydrogen (secondary N) is 1. The van der Waals surface area contributed by atoms with Crippen LogP contribution in [0.15, 0.2) is 41.9 Å². The zero-order valence-electron chi connectivity index (χ0n) is 13.8. The van der Waals surface area contributed by atoms with Crippen molar-refractivity contribution < 1.29 is 14.6 Å². The first-order chi connectivity index (χ1) is 12.7. The molecule has 130 valence electrons. The van der Waals surface area contributed by atoms with Gasteiger partial charge < -0.3 is 19.9 Å². The number of aromatic hydroxyl groups is 1. The maximum Gasteiger partial charge on any atom is 0.231 e. The van der Waals surface area contributed by atoms with Gasteiger partial charge in [0.25, 0.3) is 0 Å². The molecule has 7 nitrogen and oxygen atoms in total. The molecule has 0 saturated heterocycles. The van der Waals surface area contributed by atoms with Gasteiger partial charge in [0, 0.05) is 23.3 Å². The zero-order valence-corrected chi connectivity index (χ0v) is 14.6. The highest BCUT2D eigenvalue weighted by molar-refractivity contribution is 7.14. The summed E-state index contributed by atoms with van der Waals surface area (Å²) in [5, 5.41) is 16.0. The van der Waals surface area contributed by atoms with Crippen molar-refractivity contribution in [1.29, 1.82) is 0 Å². The Bertz CT molecular complexity index is 1130. The number of rotatable bonds is 3. The fourth-order valence-electron chi connectivity index (χ4n) is 3.01. The number of hydrogen-bond acceptors (Lipinski definition) is 7. The Balaban J connectivity index is 1.49. The summed E-state index contributed by atoms with van der Waals surface area (Å²) < 4.78 is 12.6. The van der Waals surface area contributed by atoms with Crippen molar-refractivity contribution >= 4 is 27.8 Å². The Kier molecular flexibility index (Phi) is 3.26. The number of ether oxygens (including phenoxy) is 2. The van der Waals surface area contributed by atoms with Crippen LogP contribution in [-0.2, 0) is 0 Å². The summed E-state index contributed by atoms with van der Waals surface area (Å²) in [4.78, 5) is 9.12. The smallest absolute Gasteiger partial charge is 0.231 e. The van der Waals surface area contributed by atoms with Crippen LogP contribution in [0.2, 0.25) is 0 Å². The van der Waals surface area contributed by atoms with Gasteiger partial charge in [-0.05, 0) is 31.2 Å². The summed E-state index contributed by atoms with van der Waals surface area (Å²) in [5.41, 5.74) is 3.88. The fraction of sp³-hybridized carbons (Fsp3) is 0.111. The van der Waals surface area contributed by atoms with Crippen molar-refractivity contribution in [3.63, 3.8) is 0 Å². The minimum absolute atomic E-state index is 0.149. The number of imidazole rings is 1. The molecule has 0 amide bonds. The van der Waals surface area contributed by atoms with Crippen LogP contribution < -0.4 is 14.8 Å². The molecule has 0 bridgehead atoms. The third-order valence-corrected chi connectivity index (χ3v) is 4.93. The lowest BCUT2D eigenvalue weighted by molar-refractivity contribution is 0.174. The number of fused-ring (bicyclic) bond motifs is 2. The van der Waals surface area contributed by atoms with E-state index in [9.17, 15) is 5.11 Å². The molecule has 1 aliphatic rings. The first kappa shape index (κ1) is 15.0. The summed E-state index contributed by atoms with van der Waals surface area (Å²) in [7, 11) is 0. The second kappa shape index (κ2) is 5.63. The van der Waals surface area contributed by atoms with Crippen LogP contribution in [0.5, 0.6) is 17.2 Å². The molecule has 26 heavy (non-hydrogen) atoms. The minimum atomic E-state index is 0.149. The highest BCUT2D eigenvalue weighted by Gasteiger charge is 2.17. The van der Waals surface area contributed by atoms with Gasteiger partial charge in [0.05, 0.1) is 11.4 Å². The van der Waals surface area contributed by atoms with Gasteiger partial charge in [0.1, 0.15) is 5.69 Å². The normalized spacial score (nSPS) is 12.7. The van der Waals surface area contributed by atoms with Crippen LogP contribution in [-0.4, -0.2) is 26.3 Å². The molecular formula is C18H14N4O3S. The number of hydrogen-bond donors (Lipinski definition) is 2. The third-order valence-electron chi connectivity index (χ3n) is 4.17. The average molecular weight is 366 g/mol. The van der Waals surface area contributed by atoms with Crippen LogP contribution in [0.25, 0.3) is 17.0 Å². The van der Waals surface area contributed by atoms with Crippen LogP contribution in [0, 0.1) is 6.92 Å². The Morgan fingerprint density at radius 3 is 3.00 bits per heavy atom. The van der Waals surface area contributed by atoms with Crippen molar-refractivity contribution in [2.75, 3.05) is 12.1 Å². The largest absolute Gasteiger partial charge is 0.504 e. The molecular weight excluding hydrogens is 352 g/mol. The molecule has 2 N–H and O–H groups in total. The van der Waals surface area contributed by atoms with Gasteiger partial charge in [-0.15, -0.1) is 11.3 Å². The van der Waals surface area contributed by atoms with E-state index in [1.165, 1.54) is 11.3 Å². The number of aryl methyl sites for hydroxylation is 1. The number of thiazole rings is 1. The van der Waals surface area contributed by atoms with Crippen LogP contribution in [0.4, 0.5) is 10.8 Å². The van der Waals surface area contributed by atoms with E-state index < -0.39 is 0 Å². The second-order valence-corrected chi connectivity index (χ2v) is 6.72. The molecule has 5 rings (SSSR count). The van der Waals surface area contributed by atoms with E-state index in [0.717, 1.165) is 39.4 Å². The average Bonchev–Trinajstić information content (AvgIpc) is 3.33. The second-order valence-electron chi connectivity index (χ2n) is 5.86. The molecule has 0 atom stereocenters. The molecule has 4 aromatic rings. The molecule has 4 heterocycles. The molecule has 0 saturated carbocycles. The molecule has 8 heteroatoms. The van der Waals surface area contributed by atoms with Crippen molar-refractivity contribution in [1.82, 2.24) is 14.4 Å². The van der Waals surface area contributed by atoms with Crippen molar-refractivity contribution in [3.8, 4) is 28.6 Å². The maximum atomic E-state index is 10.00. The van der Waals surface area contributed by atoms with Crippen LogP contribution in [0.1, 0.15) is 5.69 Å². The van der Waals surface area contributed by atoms with E-state index in [-0.39, 0.29) is 12.5 Å². The van der Waals surface area contributed by atoms with Crippen molar-refractivity contribution in [2.24, 2.45) is 0 Å². The molecule has 0 fully saturated rings. The fourth-order valence-corrected chi connectivity index (χ4v) is 3.73. The molecule has 0 unspecified atom stereocenters. The van der Waals surface area contributed by atoms with Gasteiger partial charge in [0.2, 0.25) is 6.79 Å². The molecule has 0 radical (unpaired) electrons. The van der Waals surface area contributed by atoms with Gasteiger partial charge in [0.15, 0.2) is 28.0 Å². The molecule has 0 aliphatic carbocycles. The van der Waals surface area contributed by atoms with E-state index in [1.54, 1.807) is 12.1 Å². The van der Waals surface area contributed by atoms with Gasteiger partial charge in [-0.1, -0.05) is 0 Å². The standard InChI is InChI=1S/C18H14N4O3S/c1-10-16(22-6-2-3-13(23)17(22)19-10)12-8-26-18(21-12)20-11-4-5-14-15(7-11)25-9-24-14/h2-8,23H,9H2,1H3,(H,20,21). The van der Waals surface area contributed by atoms with E-state index in [4.69, 9.17) is 9.47 Å². The number of aromatic nitrogens is 3. The number of nitrogens with zero attached hydrogens (tertiary/aromatic N) is 3. The van der Waals surface area contributed by atoms with Crippen LogP contribution >= 0.6 is 11.3 Å². The topological polar surface area (TPSA) is 80.9 Å². The van der Waals surface area contributed by atoms with Gasteiger partial charge in [-0.2, -0.15) is 0 Å². The quantitative estimate of drug-likeness (QED) is 0.572. The molecule has 0 spiro atoms. The van der Waals surface area contributed by atoms with Crippen LogP contribution in [0.3, 0.4) is 0 Å². The summed E-state index contributed by atoms with van der Waals surface area (Å²) in [6.07, 6.45) is 1.87. The van der Waals surface area contributed by atoms with E-state index in [1.807, 2.05) is 41.1 Å². The monoisotopic (exact) mass is 366 g/mol. The summed E-state index contributed by atoms with van der Waals surface area (Å²) in [6.45, 7) is 2.16. The summed E-state index contributed by atoms with van der Waals surface area (Å²) in [6, 6.07) is 9.09. The number of pyridine rings is 1. The lowest BCUT2D eigenvalue weighted by atomic mass is 10.3. The number of benzene rings is 1. The van der Waals surface area contributed by atoms with E-state index in [2.05, 4.69) is 15.3 Å². The highest BCUT2D eigenvalue weighted by atomic mass is 32.1. The summed E-state index contributed by atoms with van der Waals surface area (Å²) in [5.74, 6) is 1.62. The van der Waals surface area contributed by atoms with Gasteiger partial charge in [-0.3, -0.25) is 4.40 Å². The maximum absolute atomic E-state index is 10.00. The van der Waals surface area contributed by atoms with Crippen molar-refractivity contribution in [2.45, 2.75) is 6.92 Å². The Labute approximate surface area is 152 Å². The SMILES string of the molecule is Cc1nc2c(O)cccn2c1-c1csc(Nc2ccc3c(c2)OCO3)n1. The van der Waals surface area contributed by atoms with E-state index in [0.29, 0.717) is 5.65 Å². The van der Waals surface area contributed by atoms with Gasteiger partial charge in [-0.25, -0.2) is 9.97 Å². The highest BCUT2D eigenvalue weighted by Crippen LogP contribution is 2.36. The van der Waals surface area contributed by atoms with Crippen molar-refractivity contribution in [3.05, 3.63) is 47.6 Å². The summed E-state index contributed by atoms with van der Waals surface area (Å²) >= 11 is 1.50.